The summed E-state index contributed by atoms with van der Waals surface area (Å²) in [4.78, 5) is 2.46. The normalized spacial score (nSPS) is 31.0. The lowest BCUT2D eigenvalue weighted by atomic mass is 10.0. The van der Waals surface area contributed by atoms with Crippen molar-refractivity contribution < 1.29 is 4.63 Å². The van der Waals surface area contributed by atoms with E-state index in [1.54, 1.807) is 0 Å². The Kier molecular flexibility index (Phi) is 2.21. The van der Waals surface area contributed by atoms with E-state index in [4.69, 9.17) is 4.63 Å². The van der Waals surface area contributed by atoms with Gasteiger partial charge in [-0.15, -0.1) is 0 Å². The molecule has 0 saturated carbocycles. The fourth-order valence-electron chi connectivity index (χ4n) is 2.69. The molecular formula is C10H16N4O. The van der Waals surface area contributed by atoms with Crippen molar-refractivity contribution in [1.82, 2.24) is 20.5 Å². The predicted molar refractivity (Wildman–Crippen MR) is 54.2 cm³/mol. The predicted octanol–water partition coefficient (Wildman–Crippen LogP) is 0.0292. The molecule has 5 heteroatoms. The van der Waals surface area contributed by atoms with E-state index in [0.717, 1.165) is 29.8 Å². The Labute approximate surface area is 88.8 Å². The molecule has 1 aromatic heterocycles. The minimum Gasteiger partial charge on any atom is -0.316 e. The summed E-state index contributed by atoms with van der Waals surface area (Å²) in [5.74, 6) is 1.68. The smallest absolute Gasteiger partial charge is 0.122 e. The summed E-state index contributed by atoms with van der Waals surface area (Å²) in [6.07, 6.45) is 0. The van der Waals surface area contributed by atoms with Crippen molar-refractivity contribution in [3.63, 3.8) is 0 Å². The molecule has 3 heterocycles. The van der Waals surface area contributed by atoms with Crippen LogP contribution in [-0.4, -0.2) is 41.4 Å². The molecule has 0 spiro atoms. The first-order valence-corrected chi connectivity index (χ1v) is 5.54. The van der Waals surface area contributed by atoms with Gasteiger partial charge in [0.15, 0.2) is 0 Å². The molecule has 1 aromatic rings. The lowest BCUT2D eigenvalue weighted by molar-refractivity contribution is 0.274. The Hall–Kier alpha value is -0.940. The molecule has 2 aliphatic rings. The average Bonchev–Trinajstić information content (AvgIpc) is 2.83. The zero-order valence-corrected chi connectivity index (χ0v) is 8.94. The summed E-state index contributed by atoms with van der Waals surface area (Å²) < 4.78 is 4.71. The molecule has 2 aliphatic heterocycles. The molecule has 0 aromatic carbocycles. The van der Waals surface area contributed by atoms with Crippen LogP contribution in [0, 0.1) is 18.8 Å². The van der Waals surface area contributed by atoms with E-state index in [1.165, 1.54) is 26.2 Å². The van der Waals surface area contributed by atoms with Gasteiger partial charge in [-0.05, 0) is 31.8 Å². The zero-order chi connectivity index (χ0) is 10.3. The van der Waals surface area contributed by atoms with Gasteiger partial charge in [-0.2, -0.15) is 0 Å². The van der Waals surface area contributed by atoms with Gasteiger partial charge in [0.05, 0.1) is 0 Å². The van der Waals surface area contributed by atoms with E-state index in [1.807, 2.05) is 6.92 Å². The van der Waals surface area contributed by atoms with Gasteiger partial charge in [-0.25, -0.2) is 4.63 Å². The van der Waals surface area contributed by atoms with Gasteiger partial charge in [0, 0.05) is 19.6 Å². The van der Waals surface area contributed by atoms with E-state index in [-0.39, 0.29) is 0 Å². The van der Waals surface area contributed by atoms with E-state index >= 15 is 0 Å². The van der Waals surface area contributed by atoms with Crippen LogP contribution < -0.4 is 5.32 Å². The lowest BCUT2D eigenvalue weighted by Crippen LogP contribution is -2.25. The molecule has 0 radical (unpaired) electrons. The highest BCUT2D eigenvalue weighted by Crippen LogP contribution is 2.27. The summed E-state index contributed by atoms with van der Waals surface area (Å²) in [6.45, 7) is 7.56. The number of aromatic nitrogens is 2. The standard InChI is InChI=1S/C10H16N4O/c1-7-10(13-15-12-7)6-14-4-8-2-11-3-9(8)5-14/h8-9,11H,2-6H2,1H3. The Morgan fingerprint density at radius 2 is 2.07 bits per heavy atom. The van der Waals surface area contributed by atoms with Gasteiger partial charge in [0.1, 0.15) is 11.4 Å². The summed E-state index contributed by atoms with van der Waals surface area (Å²) in [5, 5.41) is 11.2. The highest BCUT2D eigenvalue weighted by molar-refractivity contribution is 5.05. The first-order valence-electron chi connectivity index (χ1n) is 5.54. The second-order valence-electron chi connectivity index (χ2n) is 4.67. The molecule has 0 aliphatic carbocycles. The van der Waals surface area contributed by atoms with Crippen LogP contribution in [0.15, 0.2) is 4.63 Å². The number of likely N-dealkylation sites (tertiary alicyclic amines) is 1. The molecule has 2 saturated heterocycles. The maximum Gasteiger partial charge on any atom is 0.122 e. The Bertz CT molecular complexity index is 339. The van der Waals surface area contributed by atoms with Crippen molar-refractivity contribution in [3.8, 4) is 0 Å². The minimum atomic E-state index is 0.838. The third-order valence-corrected chi connectivity index (χ3v) is 3.58. The van der Waals surface area contributed by atoms with Gasteiger partial charge < -0.3 is 5.32 Å². The van der Waals surface area contributed by atoms with Crippen LogP contribution in [0.25, 0.3) is 0 Å². The van der Waals surface area contributed by atoms with Crippen LogP contribution in [0.3, 0.4) is 0 Å². The second-order valence-corrected chi connectivity index (χ2v) is 4.67. The molecule has 3 rings (SSSR count). The number of nitrogens with zero attached hydrogens (tertiary/aromatic N) is 3. The second kappa shape index (κ2) is 3.57. The van der Waals surface area contributed by atoms with Crippen molar-refractivity contribution in [3.05, 3.63) is 11.4 Å². The first-order chi connectivity index (χ1) is 7.33. The van der Waals surface area contributed by atoms with Crippen LogP contribution in [0.4, 0.5) is 0 Å². The molecular weight excluding hydrogens is 192 g/mol. The third kappa shape index (κ3) is 1.66. The number of hydrogen-bond acceptors (Lipinski definition) is 5. The molecule has 0 amide bonds. The van der Waals surface area contributed by atoms with Crippen molar-refractivity contribution in [1.29, 1.82) is 0 Å². The molecule has 2 atom stereocenters. The Morgan fingerprint density at radius 1 is 1.33 bits per heavy atom. The fourth-order valence-corrected chi connectivity index (χ4v) is 2.69. The molecule has 15 heavy (non-hydrogen) atoms. The van der Waals surface area contributed by atoms with Gasteiger partial charge in [-0.3, -0.25) is 4.90 Å². The number of aryl methyl sites for hydroxylation is 1. The first kappa shape index (κ1) is 9.30. The molecule has 82 valence electrons. The molecule has 2 unspecified atom stereocenters. The summed E-state index contributed by atoms with van der Waals surface area (Å²) in [7, 11) is 0. The number of fused-ring (bicyclic) bond motifs is 1. The Balaban J connectivity index is 1.64. The van der Waals surface area contributed by atoms with Gasteiger partial charge in [0.2, 0.25) is 0 Å². The maximum absolute atomic E-state index is 4.71. The van der Waals surface area contributed by atoms with Crippen LogP contribution in [0.2, 0.25) is 0 Å². The fraction of sp³-hybridized carbons (Fsp3) is 0.800. The van der Waals surface area contributed by atoms with E-state index in [9.17, 15) is 0 Å². The van der Waals surface area contributed by atoms with Crippen LogP contribution in [-0.2, 0) is 6.54 Å². The number of hydrogen-bond donors (Lipinski definition) is 1. The SMILES string of the molecule is Cc1nonc1CN1CC2CNCC2C1. The van der Waals surface area contributed by atoms with Crippen LogP contribution >= 0.6 is 0 Å². The van der Waals surface area contributed by atoms with E-state index in [2.05, 4.69) is 20.5 Å². The lowest BCUT2D eigenvalue weighted by Gasteiger charge is -2.14. The third-order valence-electron chi connectivity index (χ3n) is 3.58. The van der Waals surface area contributed by atoms with Gasteiger partial charge in [-0.1, -0.05) is 10.3 Å². The molecule has 0 bridgehead atoms. The topological polar surface area (TPSA) is 54.2 Å². The van der Waals surface area contributed by atoms with E-state index < -0.39 is 0 Å². The largest absolute Gasteiger partial charge is 0.316 e. The molecule has 2 fully saturated rings. The van der Waals surface area contributed by atoms with Gasteiger partial charge >= 0.3 is 0 Å². The monoisotopic (exact) mass is 208 g/mol. The molecule has 5 nitrogen and oxygen atoms in total. The number of rotatable bonds is 2. The summed E-state index contributed by atoms with van der Waals surface area (Å²) in [6, 6.07) is 0. The summed E-state index contributed by atoms with van der Waals surface area (Å²) >= 11 is 0. The van der Waals surface area contributed by atoms with Crippen molar-refractivity contribution >= 4 is 0 Å². The average molecular weight is 208 g/mol. The maximum atomic E-state index is 4.71. The quantitative estimate of drug-likeness (QED) is 0.743. The Morgan fingerprint density at radius 3 is 2.67 bits per heavy atom. The van der Waals surface area contributed by atoms with Crippen molar-refractivity contribution in [2.24, 2.45) is 11.8 Å². The number of nitrogens with one attached hydrogen (secondary N) is 1. The van der Waals surface area contributed by atoms with Crippen molar-refractivity contribution in [2.75, 3.05) is 26.2 Å². The molecule has 1 N–H and O–H groups in total. The highest BCUT2D eigenvalue weighted by atomic mass is 16.6. The highest BCUT2D eigenvalue weighted by Gasteiger charge is 2.36. The van der Waals surface area contributed by atoms with Gasteiger partial charge in [0.25, 0.3) is 0 Å². The van der Waals surface area contributed by atoms with E-state index in [0.29, 0.717) is 0 Å². The summed E-state index contributed by atoms with van der Waals surface area (Å²) in [5.41, 5.74) is 1.91. The van der Waals surface area contributed by atoms with Crippen molar-refractivity contribution in [2.45, 2.75) is 13.5 Å². The minimum absolute atomic E-state index is 0.838. The van der Waals surface area contributed by atoms with Crippen LogP contribution in [0.5, 0.6) is 0 Å². The van der Waals surface area contributed by atoms with Crippen LogP contribution in [0.1, 0.15) is 11.4 Å². The zero-order valence-electron chi connectivity index (χ0n) is 8.94.